The van der Waals surface area contributed by atoms with Crippen molar-refractivity contribution in [2.45, 2.75) is 6.04 Å². The highest BCUT2D eigenvalue weighted by Gasteiger charge is 2.34. The molecule has 2 aromatic heterocycles. The van der Waals surface area contributed by atoms with E-state index in [1.54, 1.807) is 31.4 Å². The van der Waals surface area contributed by atoms with Crippen LogP contribution in [-0.4, -0.2) is 37.5 Å². The van der Waals surface area contributed by atoms with Crippen molar-refractivity contribution in [2.75, 3.05) is 12.4 Å². The molecule has 0 radical (unpaired) electrons. The van der Waals surface area contributed by atoms with E-state index in [1.807, 2.05) is 12.1 Å². The van der Waals surface area contributed by atoms with Gasteiger partial charge < -0.3 is 10.1 Å². The number of hydrogen-bond donors (Lipinski definition) is 2. The Balaban J connectivity index is 1.79. The molecule has 0 saturated heterocycles. The maximum Gasteiger partial charge on any atom is 0.288 e. The lowest BCUT2D eigenvalue weighted by molar-refractivity contribution is 0.415. The lowest BCUT2D eigenvalue weighted by Gasteiger charge is -2.27. The predicted octanol–water partition coefficient (Wildman–Crippen LogP) is 2.27. The van der Waals surface area contributed by atoms with Gasteiger partial charge in [0.2, 0.25) is 5.95 Å². The van der Waals surface area contributed by atoms with Gasteiger partial charge in [0.25, 0.3) is 5.56 Å². The molecule has 3 heterocycles. The lowest BCUT2D eigenvalue weighted by atomic mass is 9.92. The zero-order valence-corrected chi connectivity index (χ0v) is 15.1. The smallest absolute Gasteiger partial charge is 0.288 e. The number of tetrazole rings is 1. The Bertz CT molecular complexity index is 1270. The molecule has 0 aliphatic carbocycles. The zero-order chi connectivity index (χ0) is 20.0. The minimum atomic E-state index is -0.640. The van der Waals surface area contributed by atoms with Crippen LogP contribution in [0.4, 0.5) is 16.0 Å². The van der Waals surface area contributed by atoms with Gasteiger partial charge in [0.15, 0.2) is 0 Å². The fourth-order valence-corrected chi connectivity index (χ4v) is 3.49. The van der Waals surface area contributed by atoms with Gasteiger partial charge in [-0.3, -0.25) is 4.79 Å². The molecule has 0 bridgehead atoms. The molecule has 2 aromatic carbocycles. The number of methoxy groups -OCH3 is 1. The molecular weight excluding hydrogens is 377 g/mol. The highest BCUT2D eigenvalue weighted by molar-refractivity contribution is 5.75. The van der Waals surface area contributed by atoms with Crippen LogP contribution in [0.3, 0.4) is 0 Å². The minimum Gasteiger partial charge on any atom is -0.497 e. The summed E-state index contributed by atoms with van der Waals surface area (Å²) in [6, 6.07) is 12.7. The van der Waals surface area contributed by atoms with Crippen LogP contribution in [0, 0.1) is 5.82 Å². The van der Waals surface area contributed by atoms with Crippen molar-refractivity contribution >= 4 is 11.6 Å². The van der Waals surface area contributed by atoms with E-state index in [9.17, 15) is 9.18 Å². The van der Waals surface area contributed by atoms with E-state index in [1.165, 1.54) is 16.8 Å². The van der Waals surface area contributed by atoms with Gasteiger partial charge in [-0.25, -0.2) is 9.49 Å². The summed E-state index contributed by atoms with van der Waals surface area (Å²) in [6.45, 7) is 0. The SMILES string of the molecule is COc1ccc(-c2n[nH]c(=O)c3c2[C@@H](c2cccc(F)c2)n2nnnc2N3)cc1. The fourth-order valence-electron chi connectivity index (χ4n) is 3.49. The first-order chi connectivity index (χ1) is 14.2. The molecule has 0 amide bonds. The Hall–Kier alpha value is -4.08. The van der Waals surface area contributed by atoms with Gasteiger partial charge in [-0.2, -0.15) is 9.78 Å². The first kappa shape index (κ1) is 17.0. The highest BCUT2D eigenvalue weighted by atomic mass is 19.1. The number of hydrogen-bond acceptors (Lipinski definition) is 7. The molecule has 5 rings (SSSR count). The lowest BCUT2D eigenvalue weighted by Crippen LogP contribution is -2.29. The summed E-state index contributed by atoms with van der Waals surface area (Å²) >= 11 is 0. The molecule has 0 fully saturated rings. The van der Waals surface area contributed by atoms with E-state index in [0.717, 1.165) is 5.56 Å². The summed E-state index contributed by atoms with van der Waals surface area (Å²) in [4.78, 5) is 12.6. The third kappa shape index (κ3) is 2.73. The number of nitrogens with one attached hydrogen (secondary N) is 2. The first-order valence-corrected chi connectivity index (χ1v) is 8.73. The normalized spacial score (nSPS) is 14.6. The number of ether oxygens (including phenoxy) is 1. The molecule has 10 heteroatoms. The van der Waals surface area contributed by atoms with Crippen LogP contribution in [0.25, 0.3) is 11.3 Å². The van der Waals surface area contributed by atoms with Crippen molar-refractivity contribution in [1.29, 1.82) is 0 Å². The molecule has 0 spiro atoms. The Kier molecular flexibility index (Phi) is 3.83. The largest absolute Gasteiger partial charge is 0.497 e. The molecular formula is C19H14FN7O2. The molecule has 4 aromatic rings. The van der Waals surface area contributed by atoms with Gasteiger partial charge in [-0.1, -0.05) is 17.2 Å². The monoisotopic (exact) mass is 391 g/mol. The third-order valence-corrected chi connectivity index (χ3v) is 4.80. The second-order valence-corrected chi connectivity index (χ2v) is 6.45. The fraction of sp³-hybridized carbons (Fsp3) is 0.105. The van der Waals surface area contributed by atoms with Gasteiger partial charge >= 0.3 is 0 Å². The Morgan fingerprint density at radius 3 is 2.76 bits per heavy atom. The average Bonchev–Trinajstić information content (AvgIpc) is 3.21. The van der Waals surface area contributed by atoms with Gasteiger partial charge in [0, 0.05) is 11.1 Å². The topological polar surface area (TPSA) is 111 Å². The number of benzene rings is 2. The quantitative estimate of drug-likeness (QED) is 0.485. The van der Waals surface area contributed by atoms with Gasteiger partial charge in [0.1, 0.15) is 23.3 Å². The van der Waals surface area contributed by atoms with E-state index in [0.29, 0.717) is 22.6 Å². The van der Waals surface area contributed by atoms with Crippen molar-refractivity contribution in [2.24, 2.45) is 0 Å². The van der Waals surface area contributed by atoms with Crippen molar-refractivity contribution < 1.29 is 9.13 Å². The minimum absolute atomic E-state index is 0.266. The second-order valence-electron chi connectivity index (χ2n) is 6.45. The number of rotatable bonds is 3. The number of fused-ring (bicyclic) bond motifs is 2. The van der Waals surface area contributed by atoms with Crippen LogP contribution in [0.5, 0.6) is 5.75 Å². The summed E-state index contributed by atoms with van der Waals surface area (Å²) in [5, 5.41) is 21.4. The van der Waals surface area contributed by atoms with Crippen molar-refractivity contribution in [1.82, 2.24) is 30.4 Å². The van der Waals surface area contributed by atoms with Crippen LogP contribution < -0.4 is 15.6 Å². The van der Waals surface area contributed by atoms with Gasteiger partial charge in [-0.05, 0) is 52.4 Å². The van der Waals surface area contributed by atoms with Gasteiger partial charge in [0.05, 0.1) is 12.8 Å². The van der Waals surface area contributed by atoms with Crippen LogP contribution in [0.1, 0.15) is 17.2 Å². The number of aromatic amines is 1. The summed E-state index contributed by atoms with van der Waals surface area (Å²) in [5.41, 5.74) is 2.24. The van der Waals surface area contributed by atoms with E-state index in [-0.39, 0.29) is 11.6 Å². The van der Waals surface area contributed by atoms with Crippen LogP contribution >= 0.6 is 0 Å². The predicted molar refractivity (Wildman–Crippen MR) is 102 cm³/mol. The Labute approximate surface area is 163 Å². The molecule has 1 atom stereocenters. The standard InChI is InChI=1S/C19H14FN7O2/c1-29-13-7-5-10(6-8-13)15-14-16(18(28)23-22-15)21-19-24-25-26-27(19)17(14)11-3-2-4-12(20)9-11/h2-9,17H,1H3,(H,23,28)(H,21,24,26)/t17-/m1/s1. The van der Waals surface area contributed by atoms with E-state index < -0.39 is 17.4 Å². The summed E-state index contributed by atoms with van der Waals surface area (Å²) < 4.78 is 20.7. The van der Waals surface area contributed by atoms with E-state index in [4.69, 9.17) is 4.74 Å². The number of H-pyrrole nitrogens is 1. The van der Waals surface area contributed by atoms with Crippen molar-refractivity contribution in [3.8, 4) is 17.0 Å². The van der Waals surface area contributed by atoms with Crippen LogP contribution in [-0.2, 0) is 0 Å². The maximum atomic E-state index is 14.0. The number of halogens is 1. The first-order valence-electron chi connectivity index (χ1n) is 8.73. The van der Waals surface area contributed by atoms with Crippen LogP contribution in [0.15, 0.2) is 53.3 Å². The Morgan fingerprint density at radius 1 is 1.17 bits per heavy atom. The molecule has 1 aliphatic heterocycles. The van der Waals surface area contributed by atoms with Crippen LogP contribution in [0.2, 0.25) is 0 Å². The average molecular weight is 391 g/mol. The second kappa shape index (κ2) is 6.51. The number of anilines is 2. The molecule has 144 valence electrons. The molecule has 0 saturated carbocycles. The molecule has 2 N–H and O–H groups in total. The summed E-state index contributed by atoms with van der Waals surface area (Å²) in [7, 11) is 1.58. The molecule has 1 aliphatic rings. The third-order valence-electron chi connectivity index (χ3n) is 4.80. The maximum absolute atomic E-state index is 14.0. The highest BCUT2D eigenvalue weighted by Crippen LogP contribution is 2.41. The number of aromatic nitrogens is 6. The van der Waals surface area contributed by atoms with Crippen molar-refractivity contribution in [3.05, 3.63) is 75.8 Å². The van der Waals surface area contributed by atoms with E-state index >= 15 is 0 Å². The molecule has 9 nitrogen and oxygen atoms in total. The van der Waals surface area contributed by atoms with Gasteiger partial charge in [-0.15, -0.1) is 0 Å². The Morgan fingerprint density at radius 2 is 2.00 bits per heavy atom. The van der Waals surface area contributed by atoms with E-state index in [2.05, 4.69) is 31.0 Å². The summed E-state index contributed by atoms with van der Waals surface area (Å²) in [6.07, 6.45) is 0. The molecule has 0 unspecified atom stereocenters. The molecule has 29 heavy (non-hydrogen) atoms. The number of nitrogens with zero attached hydrogens (tertiary/aromatic N) is 5. The summed E-state index contributed by atoms with van der Waals surface area (Å²) in [5.74, 6) is 0.569. The zero-order valence-electron chi connectivity index (χ0n) is 15.1. The van der Waals surface area contributed by atoms with Crippen molar-refractivity contribution in [3.63, 3.8) is 0 Å².